The van der Waals surface area contributed by atoms with Gasteiger partial charge in [-0.05, 0) is 18.6 Å². The molecule has 0 saturated carbocycles. The van der Waals surface area contributed by atoms with E-state index in [1.807, 2.05) is 4.68 Å². The summed E-state index contributed by atoms with van der Waals surface area (Å²) in [5.41, 5.74) is -0.269. The van der Waals surface area contributed by atoms with Gasteiger partial charge >= 0.3 is 0 Å². The molecular weight excluding hydrogens is 268 g/mol. The summed E-state index contributed by atoms with van der Waals surface area (Å²) < 4.78 is 1.87. The number of rotatable bonds is 3. The fourth-order valence-electron chi connectivity index (χ4n) is 2.49. The topological polar surface area (TPSA) is 38.0 Å². The number of aryl methyl sites for hydroxylation is 1. The van der Waals surface area contributed by atoms with Crippen LogP contribution in [0, 0.1) is 5.41 Å². The minimum atomic E-state index is -0.890. The second-order valence-electron chi connectivity index (χ2n) is 5.61. The molecule has 102 valence electrons. The molecule has 0 spiro atoms. The van der Waals surface area contributed by atoms with Gasteiger partial charge < -0.3 is 5.11 Å². The highest BCUT2D eigenvalue weighted by molar-refractivity contribution is 7.99. The van der Waals surface area contributed by atoms with Crippen molar-refractivity contribution in [1.29, 1.82) is 0 Å². The molecule has 1 aliphatic heterocycles. The number of hydrogen-bond donors (Lipinski definition) is 1. The smallest absolute Gasteiger partial charge is 0.122 e. The Hall–Kier alpha value is -0.190. The number of aliphatic hydroxyl groups is 1. The molecule has 1 unspecified atom stereocenters. The lowest BCUT2D eigenvalue weighted by atomic mass is 9.71. The van der Waals surface area contributed by atoms with Gasteiger partial charge in [0.15, 0.2) is 0 Å². The van der Waals surface area contributed by atoms with E-state index in [4.69, 9.17) is 11.6 Å². The molecule has 1 saturated heterocycles. The first-order valence-corrected chi connectivity index (χ1v) is 7.97. The van der Waals surface area contributed by atoms with Crippen molar-refractivity contribution in [1.82, 2.24) is 9.78 Å². The van der Waals surface area contributed by atoms with Gasteiger partial charge in [0.05, 0.1) is 16.9 Å². The van der Waals surface area contributed by atoms with Crippen LogP contribution in [0.4, 0.5) is 0 Å². The van der Waals surface area contributed by atoms with Crippen molar-refractivity contribution < 1.29 is 5.11 Å². The number of nitrogens with zero attached hydrogens (tertiary/aromatic N) is 2. The molecule has 1 N–H and O–H groups in total. The molecule has 1 atom stereocenters. The minimum Gasteiger partial charge on any atom is -0.382 e. The van der Waals surface area contributed by atoms with Crippen LogP contribution in [0.15, 0.2) is 6.20 Å². The van der Waals surface area contributed by atoms with E-state index in [-0.39, 0.29) is 5.41 Å². The SMILES string of the molecule is CCCn1ncc(Cl)c1C1(O)CSCCC1(C)C. The molecule has 5 heteroatoms. The number of hydrogen-bond acceptors (Lipinski definition) is 3. The third-order valence-corrected chi connectivity index (χ3v) is 5.32. The third kappa shape index (κ3) is 2.19. The van der Waals surface area contributed by atoms with Crippen LogP contribution >= 0.6 is 23.4 Å². The zero-order valence-corrected chi connectivity index (χ0v) is 12.8. The Kier molecular flexibility index (Phi) is 4.00. The molecule has 1 aromatic heterocycles. The molecule has 1 fully saturated rings. The van der Waals surface area contributed by atoms with Crippen molar-refractivity contribution in [2.45, 2.75) is 45.8 Å². The van der Waals surface area contributed by atoms with Crippen LogP contribution in [0.2, 0.25) is 5.02 Å². The normalized spacial score (nSPS) is 27.4. The predicted molar refractivity (Wildman–Crippen MR) is 77.1 cm³/mol. The van der Waals surface area contributed by atoms with Gasteiger partial charge in [-0.2, -0.15) is 16.9 Å². The largest absolute Gasteiger partial charge is 0.382 e. The maximum absolute atomic E-state index is 11.2. The lowest BCUT2D eigenvalue weighted by Gasteiger charge is -2.46. The monoisotopic (exact) mass is 288 g/mol. The Morgan fingerprint density at radius 1 is 1.56 bits per heavy atom. The van der Waals surface area contributed by atoms with Gasteiger partial charge in [-0.3, -0.25) is 4.68 Å². The highest BCUT2D eigenvalue weighted by Crippen LogP contribution is 2.50. The maximum atomic E-state index is 11.2. The van der Waals surface area contributed by atoms with Crippen molar-refractivity contribution in [3.63, 3.8) is 0 Å². The van der Waals surface area contributed by atoms with Gasteiger partial charge in [-0.1, -0.05) is 32.4 Å². The van der Waals surface area contributed by atoms with Gasteiger partial charge in [-0.25, -0.2) is 0 Å². The van der Waals surface area contributed by atoms with Crippen molar-refractivity contribution >= 4 is 23.4 Å². The van der Waals surface area contributed by atoms with Crippen LogP contribution in [-0.4, -0.2) is 26.4 Å². The first-order valence-electron chi connectivity index (χ1n) is 6.44. The molecule has 0 bridgehead atoms. The second kappa shape index (κ2) is 5.06. The molecule has 0 aliphatic carbocycles. The summed E-state index contributed by atoms with van der Waals surface area (Å²) in [4.78, 5) is 0. The molecule has 2 heterocycles. The van der Waals surface area contributed by atoms with Gasteiger partial charge in [-0.15, -0.1) is 0 Å². The fraction of sp³-hybridized carbons (Fsp3) is 0.769. The average molecular weight is 289 g/mol. The lowest BCUT2D eigenvalue weighted by molar-refractivity contribution is -0.0645. The summed E-state index contributed by atoms with van der Waals surface area (Å²) in [7, 11) is 0. The Morgan fingerprint density at radius 2 is 2.28 bits per heavy atom. The molecular formula is C13H21ClN2OS. The zero-order chi connectivity index (χ0) is 13.4. The van der Waals surface area contributed by atoms with Gasteiger partial charge in [0, 0.05) is 17.7 Å². The van der Waals surface area contributed by atoms with E-state index in [1.165, 1.54) is 0 Å². The van der Waals surface area contributed by atoms with E-state index >= 15 is 0 Å². The fourth-order valence-corrected chi connectivity index (χ4v) is 4.41. The van der Waals surface area contributed by atoms with Crippen LogP contribution in [-0.2, 0) is 12.1 Å². The Morgan fingerprint density at radius 3 is 2.89 bits per heavy atom. The molecule has 0 aromatic carbocycles. The molecule has 0 radical (unpaired) electrons. The van der Waals surface area contributed by atoms with Crippen molar-refractivity contribution in [3.8, 4) is 0 Å². The standard InChI is InChI=1S/C13H21ClN2OS/c1-4-6-16-11(10(14)8-15-16)13(17)9-18-7-5-12(13,2)3/h8,17H,4-7,9H2,1-3H3. The lowest BCUT2D eigenvalue weighted by Crippen LogP contribution is -2.48. The van der Waals surface area contributed by atoms with E-state index in [2.05, 4.69) is 25.9 Å². The van der Waals surface area contributed by atoms with Gasteiger partial charge in [0.25, 0.3) is 0 Å². The van der Waals surface area contributed by atoms with Crippen LogP contribution in [0.25, 0.3) is 0 Å². The van der Waals surface area contributed by atoms with E-state index in [0.717, 1.165) is 30.8 Å². The van der Waals surface area contributed by atoms with E-state index in [1.54, 1.807) is 18.0 Å². The van der Waals surface area contributed by atoms with E-state index in [9.17, 15) is 5.11 Å². The Bertz CT molecular complexity index is 433. The van der Waals surface area contributed by atoms with Crippen LogP contribution in [0.3, 0.4) is 0 Å². The first-order chi connectivity index (χ1) is 8.42. The first kappa shape index (κ1) is 14.2. The van der Waals surface area contributed by atoms with E-state index < -0.39 is 5.60 Å². The molecule has 18 heavy (non-hydrogen) atoms. The average Bonchev–Trinajstić information content (AvgIpc) is 2.65. The summed E-state index contributed by atoms with van der Waals surface area (Å²) in [5, 5.41) is 16.1. The summed E-state index contributed by atoms with van der Waals surface area (Å²) in [6.07, 6.45) is 3.62. The van der Waals surface area contributed by atoms with Crippen molar-refractivity contribution in [3.05, 3.63) is 16.9 Å². The molecule has 3 nitrogen and oxygen atoms in total. The van der Waals surface area contributed by atoms with Crippen LogP contribution in [0.5, 0.6) is 0 Å². The minimum absolute atomic E-state index is 0.173. The number of halogens is 1. The van der Waals surface area contributed by atoms with Gasteiger partial charge in [0.1, 0.15) is 5.60 Å². The molecule has 0 amide bonds. The number of aromatic nitrogens is 2. The summed E-state index contributed by atoms with van der Waals surface area (Å²) in [6.45, 7) is 7.13. The molecule has 2 rings (SSSR count). The maximum Gasteiger partial charge on any atom is 0.122 e. The van der Waals surface area contributed by atoms with E-state index in [0.29, 0.717) is 10.8 Å². The second-order valence-corrected chi connectivity index (χ2v) is 7.12. The Balaban J connectivity index is 2.48. The third-order valence-electron chi connectivity index (χ3n) is 3.92. The Labute approximate surface area is 118 Å². The summed E-state index contributed by atoms with van der Waals surface area (Å²) in [6, 6.07) is 0. The quantitative estimate of drug-likeness (QED) is 0.927. The van der Waals surface area contributed by atoms with Crippen LogP contribution in [0.1, 0.15) is 39.3 Å². The predicted octanol–water partition coefficient (Wildman–Crippen LogP) is 3.30. The highest BCUT2D eigenvalue weighted by atomic mass is 35.5. The van der Waals surface area contributed by atoms with Crippen molar-refractivity contribution in [2.75, 3.05) is 11.5 Å². The molecule has 1 aromatic rings. The van der Waals surface area contributed by atoms with Gasteiger partial charge in [0.2, 0.25) is 0 Å². The highest BCUT2D eigenvalue weighted by Gasteiger charge is 2.50. The van der Waals surface area contributed by atoms with Crippen molar-refractivity contribution in [2.24, 2.45) is 5.41 Å². The summed E-state index contributed by atoms with van der Waals surface area (Å²) in [5.74, 6) is 1.78. The summed E-state index contributed by atoms with van der Waals surface area (Å²) >= 11 is 8.07. The van der Waals surface area contributed by atoms with Crippen LogP contribution < -0.4 is 0 Å². The number of thioether (sulfide) groups is 1. The molecule has 1 aliphatic rings. The zero-order valence-electron chi connectivity index (χ0n) is 11.2.